The number of aliphatic hydroxyl groups is 1. The lowest BCUT2D eigenvalue weighted by molar-refractivity contribution is 0.0436. The lowest BCUT2D eigenvalue weighted by Crippen LogP contribution is -2.16. The Morgan fingerprint density at radius 3 is 1.95 bits per heavy atom. The van der Waals surface area contributed by atoms with Crippen molar-refractivity contribution in [3.05, 3.63) is 31.2 Å². The maximum absolute atomic E-state index is 12.0. The number of esters is 1. The molecule has 0 saturated heterocycles. The van der Waals surface area contributed by atoms with Crippen molar-refractivity contribution < 1.29 is 24.5 Å². The Morgan fingerprint density at radius 2 is 1.52 bits per heavy atom. The first-order valence-corrected chi connectivity index (χ1v) is 7.14. The van der Waals surface area contributed by atoms with Crippen LogP contribution in [-0.4, -0.2) is 34.9 Å². The monoisotopic (exact) mass is 374 g/mol. The van der Waals surface area contributed by atoms with Crippen molar-refractivity contribution in [2.24, 2.45) is 0 Å². The van der Waals surface area contributed by atoms with Gasteiger partial charge in [-0.15, -0.1) is 0 Å². The minimum Gasteiger partial charge on any atom is -0.478 e. The van der Waals surface area contributed by atoms with Crippen LogP contribution < -0.4 is 0 Å². The summed E-state index contributed by atoms with van der Waals surface area (Å²) in [6.45, 7) is 1.39. The third kappa shape index (κ3) is 4.14. The number of carboxylic acids is 1. The van der Waals surface area contributed by atoms with E-state index in [4.69, 9.17) is 61.4 Å². The fraction of sp³-hybridized carbons (Fsp3) is 0.333. The van der Waals surface area contributed by atoms with Crippen LogP contribution in [0.1, 0.15) is 34.1 Å². The van der Waals surface area contributed by atoms with Gasteiger partial charge in [0.15, 0.2) is 0 Å². The number of aromatic carboxylic acids is 1. The third-order valence-corrected chi connectivity index (χ3v) is 4.26. The van der Waals surface area contributed by atoms with Crippen molar-refractivity contribution in [3.63, 3.8) is 0 Å². The number of aliphatic hydroxyl groups excluding tert-OH is 1. The summed E-state index contributed by atoms with van der Waals surface area (Å²) >= 11 is 23.2. The van der Waals surface area contributed by atoms with E-state index in [0.29, 0.717) is 0 Å². The second-order valence-electron chi connectivity index (χ2n) is 4.08. The van der Waals surface area contributed by atoms with Crippen molar-refractivity contribution in [3.8, 4) is 0 Å². The van der Waals surface area contributed by atoms with Gasteiger partial charge >= 0.3 is 11.9 Å². The molecule has 0 aliphatic carbocycles. The molecule has 2 N–H and O–H groups in total. The molecule has 1 rings (SSSR count). The number of carbonyl (C=O) groups is 2. The van der Waals surface area contributed by atoms with E-state index in [0.717, 1.165) is 0 Å². The van der Waals surface area contributed by atoms with Gasteiger partial charge in [0.1, 0.15) is 0 Å². The predicted octanol–water partition coefficient (Wildman–Crippen LogP) is 3.93. The number of hydrogen-bond donors (Lipinski definition) is 2. The molecule has 1 atom stereocenters. The molecule has 1 unspecified atom stereocenters. The normalized spacial score (nSPS) is 12.1. The van der Waals surface area contributed by atoms with E-state index in [2.05, 4.69) is 0 Å². The van der Waals surface area contributed by atoms with Crippen molar-refractivity contribution in [2.75, 3.05) is 6.61 Å². The van der Waals surface area contributed by atoms with Crippen LogP contribution in [0.3, 0.4) is 0 Å². The smallest absolute Gasteiger partial charge is 0.340 e. The lowest BCUT2D eigenvalue weighted by atomic mass is 10.1. The molecule has 0 bridgehead atoms. The molecule has 0 saturated carbocycles. The van der Waals surface area contributed by atoms with E-state index in [-0.39, 0.29) is 28.1 Å². The zero-order chi connectivity index (χ0) is 16.3. The molecule has 0 aliphatic rings. The van der Waals surface area contributed by atoms with Crippen molar-refractivity contribution >= 4 is 58.3 Å². The number of benzene rings is 1. The standard InChI is InChI=1S/C12H10Cl4O5/c1-4(17)2-3-21-12(20)6-5(11(18)19)7(13)9(15)10(16)8(6)14/h4,17H,2-3H2,1H3,(H,18,19). The van der Waals surface area contributed by atoms with E-state index < -0.39 is 34.2 Å². The maximum Gasteiger partial charge on any atom is 0.340 e. The van der Waals surface area contributed by atoms with Gasteiger partial charge in [-0.1, -0.05) is 46.4 Å². The fourth-order valence-electron chi connectivity index (χ4n) is 1.42. The molecule has 116 valence electrons. The van der Waals surface area contributed by atoms with Gasteiger partial charge in [0.2, 0.25) is 0 Å². The molecule has 0 amide bonds. The summed E-state index contributed by atoms with van der Waals surface area (Å²) in [5, 5.41) is 17.0. The second kappa shape index (κ2) is 7.51. The summed E-state index contributed by atoms with van der Waals surface area (Å²) in [4.78, 5) is 23.2. The average molecular weight is 376 g/mol. The van der Waals surface area contributed by atoms with Gasteiger partial charge in [-0.25, -0.2) is 9.59 Å². The summed E-state index contributed by atoms with van der Waals surface area (Å²) in [5.41, 5.74) is -1.06. The Bertz CT molecular complexity index is 586. The van der Waals surface area contributed by atoms with Crippen molar-refractivity contribution in [1.29, 1.82) is 0 Å². The van der Waals surface area contributed by atoms with Crippen LogP contribution in [0.2, 0.25) is 20.1 Å². The van der Waals surface area contributed by atoms with Gasteiger partial charge in [0.25, 0.3) is 0 Å². The van der Waals surface area contributed by atoms with Gasteiger partial charge in [-0.2, -0.15) is 0 Å². The van der Waals surface area contributed by atoms with Crippen LogP contribution in [-0.2, 0) is 4.74 Å². The minimum absolute atomic E-state index is 0.121. The Kier molecular flexibility index (Phi) is 6.56. The van der Waals surface area contributed by atoms with Gasteiger partial charge in [-0.3, -0.25) is 0 Å². The van der Waals surface area contributed by atoms with Gasteiger partial charge in [0, 0.05) is 6.42 Å². The summed E-state index contributed by atoms with van der Waals surface area (Å²) < 4.78 is 4.85. The zero-order valence-electron chi connectivity index (χ0n) is 10.6. The SMILES string of the molecule is CC(O)CCOC(=O)c1c(Cl)c(Cl)c(Cl)c(Cl)c1C(=O)O. The highest BCUT2D eigenvalue weighted by Crippen LogP contribution is 2.41. The number of carboxylic acid groups (broad SMARTS) is 1. The highest BCUT2D eigenvalue weighted by molar-refractivity contribution is 6.54. The predicted molar refractivity (Wildman–Crippen MR) is 80.0 cm³/mol. The fourth-order valence-corrected chi connectivity index (χ4v) is 2.43. The van der Waals surface area contributed by atoms with E-state index >= 15 is 0 Å². The Labute approximate surface area is 140 Å². The van der Waals surface area contributed by atoms with Gasteiger partial charge < -0.3 is 14.9 Å². The van der Waals surface area contributed by atoms with Crippen LogP contribution in [0.15, 0.2) is 0 Å². The van der Waals surface area contributed by atoms with Crippen LogP contribution in [0.5, 0.6) is 0 Å². The van der Waals surface area contributed by atoms with Gasteiger partial charge in [0.05, 0.1) is 43.9 Å². The van der Waals surface area contributed by atoms with Gasteiger partial charge in [-0.05, 0) is 6.92 Å². The Balaban J connectivity index is 3.27. The van der Waals surface area contributed by atoms with Crippen LogP contribution in [0.4, 0.5) is 0 Å². The number of halogens is 4. The average Bonchev–Trinajstić information content (AvgIpc) is 2.39. The first-order chi connectivity index (χ1) is 9.68. The number of carbonyl (C=O) groups excluding carboxylic acids is 1. The molecular weight excluding hydrogens is 366 g/mol. The molecule has 9 heteroatoms. The quantitative estimate of drug-likeness (QED) is 0.462. The Hall–Kier alpha value is -0.720. The molecule has 1 aromatic carbocycles. The molecule has 0 fully saturated rings. The molecular formula is C12H10Cl4O5. The second-order valence-corrected chi connectivity index (χ2v) is 5.60. The maximum atomic E-state index is 12.0. The highest BCUT2D eigenvalue weighted by atomic mass is 35.5. The number of rotatable bonds is 5. The molecule has 0 spiro atoms. The minimum atomic E-state index is -1.50. The molecule has 21 heavy (non-hydrogen) atoms. The zero-order valence-corrected chi connectivity index (χ0v) is 13.6. The summed E-state index contributed by atoms with van der Waals surface area (Å²) in [6.07, 6.45) is -0.495. The number of hydrogen-bond acceptors (Lipinski definition) is 4. The topological polar surface area (TPSA) is 83.8 Å². The Morgan fingerprint density at radius 1 is 1.05 bits per heavy atom. The van der Waals surface area contributed by atoms with E-state index in [1.165, 1.54) is 6.92 Å². The molecule has 1 aromatic rings. The van der Waals surface area contributed by atoms with Crippen molar-refractivity contribution in [2.45, 2.75) is 19.4 Å². The molecule has 5 nitrogen and oxygen atoms in total. The van der Waals surface area contributed by atoms with Crippen molar-refractivity contribution in [1.82, 2.24) is 0 Å². The lowest BCUT2D eigenvalue weighted by Gasteiger charge is -2.13. The molecule has 0 aromatic heterocycles. The molecule has 0 radical (unpaired) electrons. The van der Waals surface area contributed by atoms with E-state index in [1.54, 1.807) is 0 Å². The van der Waals surface area contributed by atoms with Crippen LogP contribution in [0, 0.1) is 0 Å². The summed E-state index contributed by atoms with van der Waals surface area (Å²) in [7, 11) is 0. The molecule has 0 aliphatic heterocycles. The highest BCUT2D eigenvalue weighted by Gasteiger charge is 2.29. The van der Waals surface area contributed by atoms with E-state index in [9.17, 15) is 9.59 Å². The number of ether oxygens (including phenoxy) is 1. The third-order valence-electron chi connectivity index (χ3n) is 2.45. The van der Waals surface area contributed by atoms with Crippen LogP contribution in [0.25, 0.3) is 0 Å². The van der Waals surface area contributed by atoms with Crippen LogP contribution >= 0.6 is 46.4 Å². The molecule has 0 heterocycles. The first-order valence-electron chi connectivity index (χ1n) is 5.62. The van der Waals surface area contributed by atoms with E-state index in [1.807, 2.05) is 0 Å². The largest absolute Gasteiger partial charge is 0.478 e. The summed E-state index contributed by atoms with van der Waals surface area (Å²) in [5.74, 6) is -2.51. The first kappa shape index (κ1) is 18.3. The summed E-state index contributed by atoms with van der Waals surface area (Å²) in [6, 6.07) is 0.